The highest BCUT2D eigenvalue weighted by Gasteiger charge is 2.34. The Kier molecular flexibility index (Phi) is 6.34. The zero-order valence-electron chi connectivity index (χ0n) is 12.9. The molecule has 0 saturated heterocycles. The Hall–Kier alpha value is -1.47. The number of hydrogen-bond donors (Lipinski definition) is 1. The van der Waals surface area contributed by atoms with E-state index in [1.807, 2.05) is 6.92 Å². The molecule has 0 radical (unpaired) electrons. The molecule has 1 aromatic rings. The second-order valence-electron chi connectivity index (χ2n) is 5.06. The molecule has 1 aliphatic rings. The van der Waals surface area contributed by atoms with Crippen LogP contribution in [0.3, 0.4) is 0 Å². The van der Waals surface area contributed by atoms with Crippen molar-refractivity contribution in [3.8, 4) is 0 Å². The van der Waals surface area contributed by atoms with E-state index in [0.717, 1.165) is 11.3 Å². The maximum absolute atomic E-state index is 13.0. The standard InChI is InChI=1S/C16H16ClF3N2OS/c1-2-13-11(12(17)6-7-21-13)9-24-15-5-3-4-10(23)8-14(22-15)16(18,19)20/h4,6-8,23H,2-3,5,9H2,1H3/b10-4+,14-8-,22-15?. The second-order valence-corrected chi connectivity index (χ2v) is 6.52. The molecule has 0 unspecified atom stereocenters. The summed E-state index contributed by atoms with van der Waals surface area (Å²) in [6, 6.07) is 1.67. The van der Waals surface area contributed by atoms with Gasteiger partial charge in [-0.2, -0.15) is 13.2 Å². The van der Waals surface area contributed by atoms with Crippen molar-refractivity contribution in [2.75, 3.05) is 0 Å². The first kappa shape index (κ1) is 18.9. The number of allylic oxidation sites excluding steroid dienone is 3. The summed E-state index contributed by atoms with van der Waals surface area (Å²) in [4.78, 5) is 7.96. The number of hydrogen-bond acceptors (Lipinski definition) is 4. The highest BCUT2D eigenvalue weighted by atomic mass is 35.5. The number of aryl methyl sites for hydroxylation is 1. The lowest BCUT2D eigenvalue weighted by atomic mass is 10.2. The number of aliphatic hydroxyl groups excluding tert-OH is 1. The summed E-state index contributed by atoms with van der Waals surface area (Å²) in [6.45, 7) is 1.94. The molecule has 130 valence electrons. The van der Waals surface area contributed by atoms with Crippen LogP contribution in [0.5, 0.6) is 0 Å². The quantitative estimate of drug-likeness (QED) is 0.745. The third-order valence-corrected chi connectivity index (χ3v) is 4.75. The van der Waals surface area contributed by atoms with Crippen LogP contribution in [0.1, 0.15) is 31.0 Å². The predicted molar refractivity (Wildman–Crippen MR) is 91.4 cm³/mol. The third-order valence-electron chi connectivity index (χ3n) is 3.34. The van der Waals surface area contributed by atoms with Gasteiger partial charge in [0.2, 0.25) is 0 Å². The zero-order chi connectivity index (χ0) is 17.7. The fourth-order valence-corrected chi connectivity index (χ4v) is 3.51. The summed E-state index contributed by atoms with van der Waals surface area (Å²) in [5, 5.41) is 10.3. The van der Waals surface area contributed by atoms with E-state index in [4.69, 9.17) is 11.6 Å². The Morgan fingerprint density at radius 1 is 1.38 bits per heavy atom. The molecule has 0 amide bonds. The van der Waals surface area contributed by atoms with E-state index in [-0.39, 0.29) is 0 Å². The molecule has 1 aliphatic heterocycles. The average Bonchev–Trinajstić information content (AvgIpc) is 2.48. The fourth-order valence-electron chi connectivity index (χ4n) is 2.14. The molecule has 8 heteroatoms. The number of aromatic nitrogens is 1. The predicted octanol–water partition coefficient (Wildman–Crippen LogP) is 5.61. The number of thioether (sulfide) groups is 1. The Balaban J connectivity index is 2.23. The zero-order valence-corrected chi connectivity index (χ0v) is 14.5. The summed E-state index contributed by atoms with van der Waals surface area (Å²) < 4.78 is 39.0. The van der Waals surface area contributed by atoms with Crippen molar-refractivity contribution < 1.29 is 18.3 Å². The van der Waals surface area contributed by atoms with Crippen LogP contribution in [0, 0.1) is 0 Å². The maximum Gasteiger partial charge on any atom is 0.433 e. The van der Waals surface area contributed by atoms with Gasteiger partial charge in [-0.25, -0.2) is 4.99 Å². The second kappa shape index (κ2) is 8.07. The molecule has 2 heterocycles. The molecule has 2 rings (SSSR count). The normalized spacial score (nSPS) is 20.3. The van der Waals surface area contributed by atoms with Crippen molar-refractivity contribution in [3.63, 3.8) is 0 Å². The van der Waals surface area contributed by atoms with Crippen LogP contribution < -0.4 is 0 Å². The van der Waals surface area contributed by atoms with Gasteiger partial charge in [0.05, 0.1) is 5.04 Å². The van der Waals surface area contributed by atoms with E-state index < -0.39 is 17.6 Å². The number of nitrogens with zero attached hydrogens (tertiary/aromatic N) is 2. The molecule has 1 N–H and O–H groups in total. The lowest BCUT2D eigenvalue weighted by Gasteiger charge is -2.14. The molecule has 3 nitrogen and oxygen atoms in total. The topological polar surface area (TPSA) is 45.5 Å². The molecule has 0 fully saturated rings. The molecule has 0 atom stereocenters. The molecule has 0 aliphatic carbocycles. The first-order valence-corrected chi connectivity index (χ1v) is 8.68. The van der Waals surface area contributed by atoms with Crippen molar-refractivity contribution >= 4 is 28.4 Å². The van der Waals surface area contributed by atoms with Gasteiger partial charge >= 0.3 is 6.18 Å². The van der Waals surface area contributed by atoms with E-state index in [9.17, 15) is 18.3 Å². The Labute approximate surface area is 147 Å². The maximum atomic E-state index is 13.0. The summed E-state index contributed by atoms with van der Waals surface area (Å²) in [6.07, 6.45) is 0.422. The lowest BCUT2D eigenvalue weighted by molar-refractivity contribution is -0.0925. The third kappa shape index (κ3) is 5.01. The minimum atomic E-state index is -4.62. The highest BCUT2D eigenvalue weighted by Crippen LogP contribution is 2.32. The number of rotatable bonds is 3. The number of halogens is 4. The van der Waals surface area contributed by atoms with Gasteiger partial charge in [-0.3, -0.25) is 4.98 Å². The van der Waals surface area contributed by atoms with Gasteiger partial charge in [0.15, 0.2) is 0 Å². The van der Waals surface area contributed by atoms with Crippen LogP contribution in [0.25, 0.3) is 0 Å². The molecule has 0 saturated carbocycles. The molecular weight excluding hydrogens is 361 g/mol. The van der Waals surface area contributed by atoms with Crippen LogP contribution in [-0.2, 0) is 12.2 Å². The number of alkyl halides is 3. The first-order valence-electron chi connectivity index (χ1n) is 7.32. The summed E-state index contributed by atoms with van der Waals surface area (Å²) in [5.41, 5.74) is 0.532. The van der Waals surface area contributed by atoms with Gasteiger partial charge in [-0.05, 0) is 31.4 Å². The van der Waals surface area contributed by atoms with E-state index in [1.54, 1.807) is 12.3 Å². The van der Waals surface area contributed by atoms with Gasteiger partial charge in [0.25, 0.3) is 0 Å². The van der Waals surface area contributed by atoms with Crippen molar-refractivity contribution in [2.24, 2.45) is 4.99 Å². The minimum Gasteiger partial charge on any atom is -0.508 e. The SMILES string of the molecule is CCc1nccc(Cl)c1CSC1=N/C(C(F)(F)F)=C\C(O)=C/CC1. The van der Waals surface area contributed by atoms with Gasteiger partial charge in [0, 0.05) is 34.3 Å². The number of pyridine rings is 1. The van der Waals surface area contributed by atoms with E-state index in [0.29, 0.717) is 41.2 Å². The van der Waals surface area contributed by atoms with Crippen molar-refractivity contribution in [2.45, 2.75) is 38.1 Å². The molecular formula is C16H16ClF3N2OS. The van der Waals surface area contributed by atoms with Gasteiger partial charge in [-0.15, -0.1) is 11.8 Å². The van der Waals surface area contributed by atoms with Crippen LogP contribution >= 0.6 is 23.4 Å². The molecule has 0 bridgehead atoms. The van der Waals surface area contributed by atoms with Crippen molar-refractivity contribution in [1.82, 2.24) is 4.98 Å². The summed E-state index contributed by atoms with van der Waals surface area (Å²) >= 11 is 7.39. The monoisotopic (exact) mass is 376 g/mol. The van der Waals surface area contributed by atoms with Crippen LogP contribution in [0.4, 0.5) is 13.2 Å². The summed E-state index contributed by atoms with van der Waals surface area (Å²) in [5.74, 6) is -0.0195. The van der Waals surface area contributed by atoms with E-state index in [1.165, 1.54) is 17.8 Å². The number of aliphatic hydroxyl groups is 1. The largest absolute Gasteiger partial charge is 0.508 e. The van der Waals surface area contributed by atoms with Crippen LogP contribution in [0.2, 0.25) is 5.02 Å². The average molecular weight is 377 g/mol. The van der Waals surface area contributed by atoms with Crippen LogP contribution in [0.15, 0.2) is 40.9 Å². The van der Waals surface area contributed by atoms with Crippen LogP contribution in [-0.4, -0.2) is 21.3 Å². The summed E-state index contributed by atoms with van der Waals surface area (Å²) in [7, 11) is 0. The van der Waals surface area contributed by atoms with Gasteiger partial charge in [-0.1, -0.05) is 18.5 Å². The molecule has 24 heavy (non-hydrogen) atoms. The van der Waals surface area contributed by atoms with Crippen molar-refractivity contribution in [3.05, 3.63) is 52.2 Å². The minimum absolute atomic E-state index is 0.321. The fraction of sp³-hybridized carbons (Fsp3) is 0.375. The molecule has 0 aromatic carbocycles. The molecule has 0 spiro atoms. The smallest absolute Gasteiger partial charge is 0.433 e. The number of aliphatic imine (C=N–C) groups is 1. The Bertz CT molecular complexity index is 699. The van der Waals surface area contributed by atoms with Gasteiger partial charge in [0.1, 0.15) is 11.5 Å². The van der Waals surface area contributed by atoms with Gasteiger partial charge < -0.3 is 5.11 Å². The Morgan fingerprint density at radius 3 is 2.79 bits per heavy atom. The molecule has 1 aromatic heterocycles. The van der Waals surface area contributed by atoms with E-state index in [2.05, 4.69) is 9.98 Å². The van der Waals surface area contributed by atoms with E-state index >= 15 is 0 Å². The lowest BCUT2D eigenvalue weighted by Crippen LogP contribution is -2.13. The Morgan fingerprint density at radius 2 is 2.12 bits per heavy atom. The van der Waals surface area contributed by atoms with Crippen molar-refractivity contribution in [1.29, 1.82) is 0 Å². The highest BCUT2D eigenvalue weighted by molar-refractivity contribution is 8.13. The first-order chi connectivity index (χ1) is 11.3.